The summed E-state index contributed by atoms with van der Waals surface area (Å²) in [5.41, 5.74) is 5.51. The van der Waals surface area contributed by atoms with Gasteiger partial charge in [-0.25, -0.2) is 10.8 Å². The molecule has 0 aliphatic carbocycles. The van der Waals surface area contributed by atoms with Gasteiger partial charge in [-0.05, 0) is 35.6 Å². The second-order valence-corrected chi connectivity index (χ2v) is 7.08. The number of aryl methyl sites for hydroxylation is 2. The molecule has 0 atom stereocenters. The van der Waals surface area contributed by atoms with E-state index in [1.54, 1.807) is 6.92 Å². The fraction of sp³-hybridized carbons (Fsp3) is 0.381. The van der Waals surface area contributed by atoms with Crippen molar-refractivity contribution in [3.8, 4) is 0 Å². The topological polar surface area (TPSA) is 91.6 Å². The van der Waals surface area contributed by atoms with Gasteiger partial charge in [-0.1, -0.05) is 30.3 Å². The summed E-state index contributed by atoms with van der Waals surface area (Å²) in [7, 11) is 0. The molecular weight excluding hydrogens is 461 g/mol. The summed E-state index contributed by atoms with van der Waals surface area (Å²) in [6.45, 7) is 4.76. The fourth-order valence-electron chi connectivity index (χ4n) is 3.35. The highest BCUT2D eigenvalue weighted by molar-refractivity contribution is 5.86. The molecule has 2 aromatic rings. The smallest absolute Gasteiger partial charge is 0.238 e. The molecule has 3 N–H and O–H groups in total. The number of anilines is 1. The molecule has 1 aliphatic rings. The van der Waals surface area contributed by atoms with E-state index in [0.717, 1.165) is 50.4 Å². The highest BCUT2D eigenvalue weighted by Crippen LogP contribution is 2.16. The lowest BCUT2D eigenvalue weighted by molar-refractivity contribution is -0.129. The third-order valence-corrected chi connectivity index (χ3v) is 5.11. The Morgan fingerprint density at radius 3 is 1.97 bits per heavy atom. The maximum atomic E-state index is 11.4. The van der Waals surface area contributed by atoms with E-state index in [9.17, 15) is 9.59 Å². The molecule has 10 heteroatoms. The quantitative estimate of drug-likeness (QED) is 0.368. The van der Waals surface area contributed by atoms with E-state index in [-0.39, 0.29) is 49.0 Å². The SMILES string of the molecule is CC(=O)N1CCN(c2ccc(CCc3ccc(CC(=O)NN)cc3)cn2)CC1.Cl.Cl.Cl. The van der Waals surface area contributed by atoms with Crippen LogP contribution in [-0.4, -0.2) is 47.9 Å². The van der Waals surface area contributed by atoms with Crippen LogP contribution >= 0.6 is 37.2 Å². The van der Waals surface area contributed by atoms with Gasteiger partial charge in [-0.2, -0.15) is 0 Å². The average Bonchev–Trinajstić information content (AvgIpc) is 2.73. The zero-order valence-electron chi connectivity index (χ0n) is 17.5. The fourth-order valence-corrected chi connectivity index (χ4v) is 3.35. The van der Waals surface area contributed by atoms with Crippen molar-refractivity contribution in [1.29, 1.82) is 0 Å². The van der Waals surface area contributed by atoms with Crippen molar-refractivity contribution in [2.75, 3.05) is 31.1 Å². The Bertz CT molecular complexity index is 811. The highest BCUT2D eigenvalue weighted by Gasteiger charge is 2.19. The molecule has 0 unspecified atom stereocenters. The predicted octanol–water partition coefficient (Wildman–Crippen LogP) is 2.33. The minimum Gasteiger partial charge on any atom is -0.353 e. The van der Waals surface area contributed by atoms with Gasteiger partial charge in [0, 0.05) is 39.3 Å². The number of amides is 2. The second-order valence-electron chi connectivity index (χ2n) is 7.08. The lowest BCUT2D eigenvalue weighted by Crippen LogP contribution is -2.48. The Labute approximate surface area is 202 Å². The minimum atomic E-state index is -0.193. The number of carbonyl (C=O) groups is 2. The molecule has 1 fully saturated rings. The average molecular weight is 491 g/mol. The minimum absolute atomic E-state index is 0. The number of hydrogen-bond acceptors (Lipinski definition) is 5. The van der Waals surface area contributed by atoms with E-state index in [4.69, 9.17) is 5.84 Å². The number of nitrogens with one attached hydrogen (secondary N) is 1. The van der Waals surface area contributed by atoms with Crippen LogP contribution in [-0.2, 0) is 28.9 Å². The number of aromatic nitrogens is 1. The zero-order chi connectivity index (χ0) is 19.9. The van der Waals surface area contributed by atoms with Crippen LogP contribution in [0.2, 0.25) is 0 Å². The van der Waals surface area contributed by atoms with Crippen molar-refractivity contribution in [2.24, 2.45) is 5.84 Å². The molecule has 31 heavy (non-hydrogen) atoms. The molecule has 0 saturated carbocycles. The molecule has 1 aliphatic heterocycles. The van der Waals surface area contributed by atoms with Gasteiger partial charge in [0.2, 0.25) is 11.8 Å². The Morgan fingerprint density at radius 2 is 1.45 bits per heavy atom. The van der Waals surface area contributed by atoms with Crippen molar-refractivity contribution in [2.45, 2.75) is 26.2 Å². The van der Waals surface area contributed by atoms with E-state index in [0.29, 0.717) is 6.42 Å². The molecule has 0 spiro atoms. The number of benzene rings is 1. The predicted molar refractivity (Wildman–Crippen MR) is 130 cm³/mol. The number of hydrogen-bond donors (Lipinski definition) is 2. The summed E-state index contributed by atoms with van der Waals surface area (Å²) >= 11 is 0. The largest absolute Gasteiger partial charge is 0.353 e. The number of nitrogens with zero attached hydrogens (tertiary/aromatic N) is 3. The van der Waals surface area contributed by atoms with Crippen LogP contribution in [0.3, 0.4) is 0 Å². The van der Waals surface area contributed by atoms with Crippen molar-refractivity contribution in [3.63, 3.8) is 0 Å². The molecule has 0 bridgehead atoms. The Kier molecular flexibility index (Phi) is 13.2. The monoisotopic (exact) mass is 489 g/mol. The van der Waals surface area contributed by atoms with Crippen molar-refractivity contribution < 1.29 is 9.59 Å². The van der Waals surface area contributed by atoms with Gasteiger partial charge < -0.3 is 9.80 Å². The van der Waals surface area contributed by atoms with Crippen LogP contribution in [0.25, 0.3) is 0 Å². The third kappa shape index (κ3) is 8.53. The molecule has 1 aromatic carbocycles. The summed E-state index contributed by atoms with van der Waals surface area (Å²) in [4.78, 5) is 31.4. The van der Waals surface area contributed by atoms with Gasteiger partial charge in [-0.3, -0.25) is 15.0 Å². The molecular formula is C21H30Cl3N5O2. The lowest BCUT2D eigenvalue weighted by atomic mass is 10.0. The van der Waals surface area contributed by atoms with Gasteiger partial charge >= 0.3 is 0 Å². The third-order valence-electron chi connectivity index (χ3n) is 5.11. The first kappa shape index (κ1) is 28.9. The van der Waals surface area contributed by atoms with Crippen LogP contribution in [0.5, 0.6) is 0 Å². The summed E-state index contributed by atoms with van der Waals surface area (Å²) in [6, 6.07) is 12.2. The van der Waals surface area contributed by atoms with E-state index in [1.165, 1.54) is 11.1 Å². The lowest BCUT2D eigenvalue weighted by Gasteiger charge is -2.34. The molecule has 1 saturated heterocycles. The summed E-state index contributed by atoms with van der Waals surface area (Å²) < 4.78 is 0. The summed E-state index contributed by atoms with van der Waals surface area (Å²) in [5.74, 6) is 6.03. The van der Waals surface area contributed by atoms with E-state index in [1.807, 2.05) is 23.2 Å². The van der Waals surface area contributed by atoms with Gasteiger partial charge in [0.1, 0.15) is 5.82 Å². The van der Waals surface area contributed by atoms with Crippen molar-refractivity contribution >= 4 is 54.9 Å². The Hall–Kier alpha value is -2.06. The van der Waals surface area contributed by atoms with Crippen molar-refractivity contribution in [3.05, 3.63) is 59.3 Å². The van der Waals surface area contributed by atoms with Crippen LogP contribution in [0.1, 0.15) is 23.6 Å². The van der Waals surface area contributed by atoms with Crippen molar-refractivity contribution in [1.82, 2.24) is 15.3 Å². The Balaban J connectivity index is 0.00000300. The normalized spacial score (nSPS) is 12.7. The molecule has 0 radical (unpaired) electrons. The molecule has 1 aromatic heterocycles. The van der Waals surface area contributed by atoms with Gasteiger partial charge in [-0.15, -0.1) is 37.2 Å². The first-order chi connectivity index (χ1) is 13.5. The zero-order valence-corrected chi connectivity index (χ0v) is 19.9. The van der Waals surface area contributed by atoms with Crippen LogP contribution in [0.15, 0.2) is 42.6 Å². The maximum absolute atomic E-state index is 11.4. The van der Waals surface area contributed by atoms with E-state index >= 15 is 0 Å². The van der Waals surface area contributed by atoms with Gasteiger partial charge in [0.15, 0.2) is 0 Å². The number of rotatable bonds is 6. The molecule has 172 valence electrons. The summed E-state index contributed by atoms with van der Waals surface area (Å²) in [5, 5.41) is 0. The van der Waals surface area contributed by atoms with Gasteiger partial charge in [0.25, 0.3) is 0 Å². The van der Waals surface area contributed by atoms with E-state index < -0.39 is 0 Å². The highest BCUT2D eigenvalue weighted by atomic mass is 35.5. The standard InChI is InChI=1S/C21H27N5O2.3ClH/c1-16(27)25-10-12-26(13-11-25)20-9-8-19(15-23-20)7-4-17-2-5-18(6-3-17)14-21(28)24-22;;;/h2-3,5-6,8-9,15H,4,7,10-14,22H2,1H3,(H,24,28);3*1H. The number of hydrazine groups is 1. The first-order valence-electron chi connectivity index (χ1n) is 9.58. The van der Waals surface area contributed by atoms with Crippen LogP contribution < -0.4 is 16.2 Å². The van der Waals surface area contributed by atoms with Crippen LogP contribution in [0.4, 0.5) is 5.82 Å². The molecule has 2 heterocycles. The molecule has 3 rings (SSSR count). The number of pyridine rings is 1. The van der Waals surface area contributed by atoms with E-state index in [2.05, 4.69) is 39.6 Å². The van der Waals surface area contributed by atoms with Gasteiger partial charge in [0.05, 0.1) is 6.42 Å². The number of piperazine rings is 1. The maximum Gasteiger partial charge on any atom is 0.238 e. The van der Waals surface area contributed by atoms with Crippen LogP contribution in [0, 0.1) is 0 Å². The second kappa shape index (κ2) is 14.1. The Morgan fingerprint density at radius 1 is 0.903 bits per heavy atom. The number of halogens is 3. The molecule has 2 amide bonds. The first-order valence-corrected chi connectivity index (χ1v) is 9.58. The number of carbonyl (C=O) groups excluding carboxylic acids is 2. The number of nitrogens with two attached hydrogens (primary N) is 1. The summed E-state index contributed by atoms with van der Waals surface area (Å²) in [6.07, 6.45) is 4.06. The molecule has 7 nitrogen and oxygen atoms in total.